The molecule has 0 saturated heterocycles. The molecule has 0 aliphatic carbocycles. The van der Waals surface area contributed by atoms with E-state index in [-0.39, 0.29) is 10.6 Å². The average molecular weight is 561 g/mol. The SMILES string of the molecule is CS(=O)(=O)Cc1cc(-c2cccc(/C=C(/c3ccc(S(C)(=O)=O)cc3)c3nccs3)c2)c2ncccc2c1. The fourth-order valence-corrected chi connectivity index (χ4v) is 6.41. The molecule has 192 valence electrons. The lowest BCUT2D eigenvalue weighted by Crippen LogP contribution is -2.01. The van der Waals surface area contributed by atoms with Crippen molar-refractivity contribution in [2.45, 2.75) is 10.6 Å². The molecule has 5 rings (SSSR count). The topological polar surface area (TPSA) is 94.1 Å². The van der Waals surface area contributed by atoms with E-state index in [1.165, 1.54) is 23.8 Å². The van der Waals surface area contributed by atoms with Crippen molar-refractivity contribution < 1.29 is 16.8 Å². The van der Waals surface area contributed by atoms with E-state index < -0.39 is 19.7 Å². The molecule has 9 heteroatoms. The summed E-state index contributed by atoms with van der Waals surface area (Å²) in [4.78, 5) is 9.33. The van der Waals surface area contributed by atoms with Gasteiger partial charge >= 0.3 is 0 Å². The van der Waals surface area contributed by atoms with Crippen LogP contribution < -0.4 is 0 Å². The number of benzene rings is 3. The van der Waals surface area contributed by atoms with Gasteiger partial charge in [-0.05, 0) is 64.7 Å². The van der Waals surface area contributed by atoms with Crippen molar-refractivity contribution >= 4 is 53.6 Å². The van der Waals surface area contributed by atoms with Gasteiger partial charge in [0.1, 0.15) is 5.01 Å². The van der Waals surface area contributed by atoms with Crippen molar-refractivity contribution in [3.05, 3.63) is 112 Å². The lowest BCUT2D eigenvalue weighted by molar-refractivity contribution is 0.599. The minimum Gasteiger partial charge on any atom is -0.256 e. The minimum atomic E-state index is -3.30. The number of hydrogen-bond donors (Lipinski definition) is 0. The Morgan fingerprint density at radius 2 is 1.66 bits per heavy atom. The molecule has 0 aliphatic rings. The first-order valence-corrected chi connectivity index (χ1v) is 16.5. The summed E-state index contributed by atoms with van der Waals surface area (Å²) in [5, 5.41) is 3.58. The van der Waals surface area contributed by atoms with E-state index in [9.17, 15) is 16.8 Å². The molecular weight excluding hydrogens is 537 g/mol. The minimum absolute atomic E-state index is 0.0535. The van der Waals surface area contributed by atoms with Crippen LogP contribution in [-0.4, -0.2) is 39.3 Å². The van der Waals surface area contributed by atoms with E-state index in [0.717, 1.165) is 43.7 Å². The third kappa shape index (κ3) is 5.91. The highest BCUT2D eigenvalue weighted by Crippen LogP contribution is 2.33. The summed E-state index contributed by atoms with van der Waals surface area (Å²) in [5.41, 5.74) is 5.89. The molecular formula is C29H24N2O4S3. The van der Waals surface area contributed by atoms with Crippen molar-refractivity contribution in [3.8, 4) is 11.1 Å². The highest BCUT2D eigenvalue weighted by atomic mass is 32.2. The number of thiazole rings is 1. The maximum absolute atomic E-state index is 12.0. The first-order valence-electron chi connectivity index (χ1n) is 11.6. The van der Waals surface area contributed by atoms with E-state index in [2.05, 4.69) is 9.97 Å². The molecule has 0 radical (unpaired) electrons. The van der Waals surface area contributed by atoms with Crippen molar-refractivity contribution in [2.75, 3.05) is 12.5 Å². The molecule has 0 fully saturated rings. The number of fused-ring (bicyclic) bond motifs is 1. The summed E-state index contributed by atoms with van der Waals surface area (Å²) in [7, 11) is -6.51. The van der Waals surface area contributed by atoms with Gasteiger partial charge in [-0.1, -0.05) is 36.4 Å². The Morgan fingerprint density at radius 1 is 0.868 bits per heavy atom. The number of nitrogens with zero attached hydrogens (tertiary/aromatic N) is 2. The number of sulfone groups is 2. The highest BCUT2D eigenvalue weighted by molar-refractivity contribution is 7.90. The Hall–Kier alpha value is -3.66. The van der Waals surface area contributed by atoms with Crippen molar-refractivity contribution in [1.29, 1.82) is 0 Å². The predicted octanol–water partition coefficient (Wildman–Crippen LogP) is 5.90. The lowest BCUT2D eigenvalue weighted by Gasteiger charge is -2.11. The molecule has 0 amide bonds. The summed E-state index contributed by atoms with van der Waals surface area (Å²) < 4.78 is 47.9. The second kappa shape index (κ2) is 10.2. The molecule has 0 aliphatic heterocycles. The van der Waals surface area contributed by atoms with E-state index in [1.54, 1.807) is 36.7 Å². The summed E-state index contributed by atoms with van der Waals surface area (Å²) in [6.45, 7) is 0. The Kier molecular flexibility index (Phi) is 7.00. The molecule has 38 heavy (non-hydrogen) atoms. The monoisotopic (exact) mass is 560 g/mol. The van der Waals surface area contributed by atoms with Gasteiger partial charge in [0.2, 0.25) is 0 Å². The Morgan fingerprint density at radius 3 is 2.34 bits per heavy atom. The van der Waals surface area contributed by atoms with E-state index in [1.807, 2.05) is 60.0 Å². The van der Waals surface area contributed by atoms with Gasteiger partial charge in [-0.25, -0.2) is 21.8 Å². The molecule has 0 unspecified atom stereocenters. The van der Waals surface area contributed by atoms with Crippen LogP contribution in [0.25, 0.3) is 33.7 Å². The molecule has 5 aromatic rings. The van der Waals surface area contributed by atoms with Crippen LogP contribution in [0.5, 0.6) is 0 Å². The molecule has 0 N–H and O–H groups in total. The number of pyridine rings is 1. The molecule has 6 nitrogen and oxygen atoms in total. The van der Waals surface area contributed by atoms with E-state index >= 15 is 0 Å². The van der Waals surface area contributed by atoms with Gasteiger partial charge in [-0.3, -0.25) is 4.98 Å². The summed E-state index contributed by atoms with van der Waals surface area (Å²) in [6.07, 6.45) is 7.91. The predicted molar refractivity (Wildman–Crippen MR) is 154 cm³/mol. The molecule has 0 atom stereocenters. The third-order valence-corrected chi connectivity index (χ3v) is 8.75. The van der Waals surface area contributed by atoms with E-state index in [0.29, 0.717) is 5.56 Å². The Labute approximate surface area is 226 Å². The van der Waals surface area contributed by atoms with Gasteiger partial charge in [0.25, 0.3) is 0 Å². The lowest BCUT2D eigenvalue weighted by atomic mass is 9.96. The van der Waals surface area contributed by atoms with Crippen LogP contribution in [0.3, 0.4) is 0 Å². The number of rotatable bonds is 7. The highest BCUT2D eigenvalue weighted by Gasteiger charge is 2.14. The molecule has 2 aromatic heterocycles. The molecule has 0 spiro atoms. The van der Waals surface area contributed by atoms with Gasteiger partial charge in [0.15, 0.2) is 19.7 Å². The number of aromatic nitrogens is 2. The second-order valence-electron chi connectivity index (χ2n) is 9.11. The maximum atomic E-state index is 12.0. The van der Waals surface area contributed by atoms with Gasteiger partial charge in [-0.2, -0.15) is 0 Å². The largest absolute Gasteiger partial charge is 0.256 e. The van der Waals surface area contributed by atoms with Crippen LogP contribution in [0.4, 0.5) is 0 Å². The second-order valence-corrected chi connectivity index (χ2v) is 14.2. The average Bonchev–Trinajstić information content (AvgIpc) is 3.40. The smallest absolute Gasteiger partial charge is 0.175 e. The van der Waals surface area contributed by atoms with Crippen molar-refractivity contribution in [1.82, 2.24) is 9.97 Å². The maximum Gasteiger partial charge on any atom is 0.175 e. The quantitative estimate of drug-likeness (QED) is 0.230. The summed E-state index contributed by atoms with van der Waals surface area (Å²) >= 11 is 1.50. The summed E-state index contributed by atoms with van der Waals surface area (Å²) in [5.74, 6) is -0.0535. The van der Waals surface area contributed by atoms with Crippen LogP contribution in [-0.2, 0) is 25.4 Å². The first kappa shape index (κ1) is 26.0. The fraction of sp³-hybridized carbons (Fsp3) is 0.103. The first-order chi connectivity index (χ1) is 18.1. The Balaban J connectivity index is 1.63. The van der Waals surface area contributed by atoms with Crippen LogP contribution in [0.15, 0.2) is 95.5 Å². The van der Waals surface area contributed by atoms with E-state index in [4.69, 9.17) is 0 Å². The molecule has 0 saturated carbocycles. The number of hydrogen-bond acceptors (Lipinski definition) is 7. The van der Waals surface area contributed by atoms with Crippen molar-refractivity contribution in [2.24, 2.45) is 0 Å². The molecule has 2 heterocycles. The normalized spacial score (nSPS) is 12.6. The summed E-state index contributed by atoms with van der Waals surface area (Å²) in [6, 6.07) is 22.3. The standard InChI is InChI=1S/C29H24N2O4S3/c1-37(32,33)19-21-16-24-7-4-12-30-28(24)26(18-21)23-6-3-5-20(15-23)17-27(29-31-13-14-36-29)22-8-10-25(11-9-22)38(2,34)35/h3-18H,19H2,1-2H3/b27-17-. The van der Waals surface area contributed by atoms with Crippen LogP contribution in [0.2, 0.25) is 0 Å². The van der Waals surface area contributed by atoms with Gasteiger partial charge in [0.05, 0.1) is 16.2 Å². The fourth-order valence-electron chi connectivity index (χ4n) is 4.33. The van der Waals surface area contributed by atoms with Crippen molar-refractivity contribution in [3.63, 3.8) is 0 Å². The third-order valence-electron chi connectivity index (χ3n) is 5.96. The van der Waals surface area contributed by atoms with Crippen LogP contribution in [0, 0.1) is 0 Å². The molecule has 0 bridgehead atoms. The zero-order valence-corrected chi connectivity index (χ0v) is 23.1. The zero-order valence-electron chi connectivity index (χ0n) is 20.7. The van der Waals surface area contributed by atoms with Gasteiger partial charge in [0, 0.05) is 46.8 Å². The van der Waals surface area contributed by atoms with Crippen LogP contribution in [0.1, 0.15) is 21.7 Å². The van der Waals surface area contributed by atoms with Gasteiger partial charge in [-0.15, -0.1) is 11.3 Å². The zero-order chi connectivity index (χ0) is 26.9. The Bertz CT molecular complexity index is 1880. The molecule has 3 aromatic carbocycles. The van der Waals surface area contributed by atoms with Crippen LogP contribution >= 0.6 is 11.3 Å². The van der Waals surface area contributed by atoms with Gasteiger partial charge < -0.3 is 0 Å².